The van der Waals surface area contributed by atoms with Gasteiger partial charge < -0.3 is 37.0 Å². The average molecular weight is 1080 g/mol. The van der Waals surface area contributed by atoms with Crippen LogP contribution in [0.25, 0.3) is 10.4 Å². The summed E-state index contributed by atoms with van der Waals surface area (Å²) in [5, 5.41) is 22.3. The highest BCUT2D eigenvalue weighted by atomic mass is 127. The van der Waals surface area contributed by atoms with Crippen molar-refractivity contribution in [2.75, 3.05) is 38.1 Å². The molecule has 1 saturated heterocycles. The number of carbonyl (C=O) groups excluding carboxylic acids is 5. The number of amides is 5. The number of hydroxylamine groups is 1. The number of aliphatic hydroxyl groups is 1. The van der Waals surface area contributed by atoms with Gasteiger partial charge in [0.1, 0.15) is 17.4 Å². The van der Waals surface area contributed by atoms with Gasteiger partial charge in [-0.1, -0.05) is 45.0 Å². The molecule has 366 valence electrons. The molecule has 8 N–H and O–H groups in total. The van der Waals surface area contributed by atoms with Crippen LogP contribution < -0.4 is 32.5 Å². The second kappa shape index (κ2) is 22.0. The number of carbonyl (C=O) groups is 5. The van der Waals surface area contributed by atoms with Crippen LogP contribution in [0, 0.1) is 33.4 Å². The van der Waals surface area contributed by atoms with E-state index in [1.165, 1.54) is 23.5 Å². The summed E-state index contributed by atoms with van der Waals surface area (Å²) in [6.07, 6.45) is -0.916. The summed E-state index contributed by atoms with van der Waals surface area (Å²) in [5.41, 5.74) is 6.26. The van der Waals surface area contributed by atoms with Crippen LogP contribution in [-0.2, 0) is 24.0 Å². The summed E-state index contributed by atoms with van der Waals surface area (Å²) in [6, 6.07) is 11.7. The van der Waals surface area contributed by atoms with E-state index >= 15 is 0 Å². The third-order valence-corrected chi connectivity index (χ3v) is 13.7. The minimum atomic E-state index is -2.09. The molecular formula is C47H55F4IN8O7S. The van der Waals surface area contributed by atoms with Crippen molar-refractivity contribution in [3.8, 4) is 10.4 Å². The number of hydrogen-bond donors (Lipinski definition) is 7. The van der Waals surface area contributed by atoms with Crippen molar-refractivity contribution < 1.29 is 51.5 Å². The predicted molar refractivity (Wildman–Crippen MR) is 256 cm³/mol. The van der Waals surface area contributed by atoms with Gasteiger partial charge in [-0.25, -0.2) is 28.0 Å². The first kappa shape index (κ1) is 52.1. The summed E-state index contributed by atoms with van der Waals surface area (Å²) < 4.78 is 58.9. The number of aliphatic hydroxyl groups excluding tert-OH is 1. The molecule has 3 aromatic carbocycles. The van der Waals surface area contributed by atoms with Gasteiger partial charge in [-0.15, -0.1) is 11.3 Å². The average Bonchev–Trinajstić information content (AvgIpc) is 3.73. The number of hydrogen-bond acceptors (Lipinski definition) is 11. The van der Waals surface area contributed by atoms with Crippen molar-refractivity contribution in [3.05, 3.63) is 98.0 Å². The van der Waals surface area contributed by atoms with Crippen molar-refractivity contribution >= 4 is 74.8 Å². The van der Waals surface area contributed by atoms with E-state index in [1.54, 1.807) is 44.5 Å². The number of thiazole rings is 1. The molecule has 0 bridgehead atoms. The molecule has 0 radical (unpaired) electrons. The summed E-state index contributed by atoms with van der Waals surface area (Å²) in [5.74, 6) is -8.39. The van der Waals surface area contributed by atoms with Crippen molar-refractivity contribution in [1.29, 1.82) is 0 Å². The summed E-state index contributed by atoms with van der Waals surface area (Å²) in [4.78, 5) is 79.9. The maximum Gasteiger partial charge on any atom is 0.277 e. The molecule has 4 atom stereocenters. The molecule has 0 spiro atoms. The molecule has 21 heteroatoms. The fourth-order valence-corrected chi connectivity index (χ4v) is 9.46. The molecule has 2 heterocycles. The van der Waals surface area contributed by atoms with Gasteiger partial charge in [-0.2, -0.15) is 0 Å². The lowest BCUT2D eigenvalue weighted by molar-refractivity contribution is -0.151. The van der Waals surface area contributed by atoms with Gasteiger partial charge in [0.2, 0.25) is 17.7 Å². The SMILES string of the molecule is Cc1ncsc1-c1ccc([C@H](CC(=O)NCCCNCCCONC(=O)c2ccc(F)c(F)c2Nc2ccc(I)cc2F)C2(C(N)=O)CC(O)CN2C(=O)C(NC(=O)C2(F)CC2)C(C)(C)C)cc1. The van der Waals surface area contributed by atoms with E-state index in [1.807, 2.05) is 41.6 Å². The lowest BCUT2D eigenvalue weighted by Gasteiger charge is -2.44. The van der Waals surface area contributed by atoms with E-state index in [2.05, 4.69) is 31.7 Å². The monoisotopic (exact) mass is 1080 g/mol. The molecule has 3 unspecified atom stereocenters. The van der Waals surface area contributed by atoms with E-state index in [-0.39, 0.29) is 56.6 Å². The maximum absolute atomic E-state index is 14.9. The first-order chi connectivity index (χ1) is 32.2. The van der Waals surface area contributed by atoms with Gasteiger partial charge in [0, 0.05) is 35.4 Å². The van der Waals surface area contributed by atoms with Crippen LogP contribution in [0.4, 0.5) is 28.9 Å². The first-order valence-electron chi connectivity index (χ1n) is 22.1. The van der Waals surface area contributed by atoms with E-state index in [0.29, 0.717) is 35.1 Å². The number of benzene rings is 3. The molecule has 1 aliphatic carbocycles. The molecule has 1 saturated carbocycles. The van der Waals surface area contributed by atoms with Crippen LogP contribution in [0.1, 0.15) is 86.8 Å². The molecule has 68 heavy (non-hydrogen) atoms. The minimum absolute atomic E-state index is 0.0187. The number of primary amides is 1. The van der Waals surface area contributed by atoms with Crippen LogP contribution in [0.2, 0.25) is 0 Å². The van der Waals surface area contributed by atoms with Gasteiger partial charge in [0.25, 0.3) is 11.8 Å². The molecular weight excluding hydrogens is 1020 g/mol. The quantitative estimate of drug-likeness (QED) is 0.0222. The molecule has 2 aliphatic rings. The van der Waals surface area contributed by atoms with Crippen LogP contribution in [0.3, 0.4) is 0 Å². The number of rotatable bonds is 21. The second-order valence-electron chi connectivity index (χ2n) is 18.1. The van der Waals surface area contributed by atoms with Gasteiger partial charge >= 0.3 is 0 Å². The third kappa shape index (κ3) is 12.1. The zero-order valence-corrected chi connectivity index (χ0v) is 40.9. The zero-order chi connectivity index (χ0) is 49.6. The number of aryl methyl sites for hydroxylation is 1. The lowest BCUT2D eigenvalue weighted by Crippen LogP contribution is -2.65. The Balaban J connectivity index is 1.06. The Labute approximate surface area is 408 Å². The zero-order valence-electron chi connectivity index (χ0n) is 38.0. The van der Waals surface area contributed by atoms with Crippen LogP contribution >= 0.6 is 33.9 Å². The van der Waals surface area contributed by atoms with E-state index < -0.39 is 87.4 Å². The third-order valence-electron chi connectivity index (χ3n) is 12.0. The molecule has 2 fully saturated rings. The summed E-state index contributed by atoms with van der Waals surface area (Å²) >= 11 is 3.34. The van der Waals surface area contributed by atoms with Gasteiger partial charge in [0.05, 0.1) is 45.7 Å². The molecule has 15 nitrogen and oxygen atoms in total. The fourth-order valence-electron chi connectivity index (χ4n) is 8.19. The van der Waals surface area contributed by atoms with E-state index in [9.17, 15) is 46.6 Å². The number of likely N-dealkylation sites (tertiary alicyclic amines) is 1. The topological polar surface area (TPSA) is 217 Å². The Morgan fingerprint density at radius 2 is 1.71 bits per heavy atom. The number of alkyl halides is 1. The molecule has 1 aromatic heterocycles. The van der Waals surface area contributed by atoms with E-state index in [4.69, 9.17) is 10.6 Å². The molecule has 1 aliphatic heterocycles. The van der Waals surface area contributed by atoms with Crippen LogP contribution in [0.5, 0.6) is 0 Å². The van der Waals surface area contributed by atoms with Crippen LogP contribution in [-0.4, -0.2) is 101 Å². The Hall–Kier alpha value is -5.23. The fraction of sp³-hybridized carbons (Fsp3) is 0.447. The number of anilines is 2. The largest absolute Gasteiger partial charge is 0.391 e. The Kier molecular flexibility index (Phi) is 16.9. The number of halogens is 5. The Morgan fingerprint density at radius 3 is 2.34 bits per heavy atom. The van der Waals surface area contributed by atoms with Crippen molar-refractivity contribution in [1.82, 2.24) is 31.3 Å². The lowest BCUT2D eigenvalue weighted by atomic mass is 9.73. The standard InChI is InChI=1S/C47H55F4IN8O7S/c1-26-39(68-25-56-26)28-9-7-27(8-10-28)32(47(43(53)65)23-30(61)24-60(47)42(64)40(45(2,3)4)58-44(66)46(51)15-16-46)22-36(62)55-19-5-17-54-18-6-20-67-59-41(63)31-12-13-33(48)37(50)38(31)57-35-14-11-29(52)21-34(35)49/h7-14,21,25,30,32,40,54,57,61H,5-6,15-20,22-24H2,1-4H3,(H2,53,65)(H,55,62)(H,58,66)(H,59,63)/t30?,32-,40?,47?/m0/s1. The number of nitrogens with two attached hydrogens (primary N) is 1. The van der Waals surface area contributed by atoms with Gasteiger partial charge in [-0.05, 0) is 115 Å². The Bertz CT molecular complexity index is 2510. The predicted octanol–water partition coefficient (Wildman–Crippen LogP) is 6.06. The first-order valence-corrected chi connectivity index (χ1v) is 24.0. The highest BCUT2D eigenvalue weighted by Crippen LogP contribution is 2.46. The highest BCUT2D eigenvalue weighted by Gasteiger charge is 2.60. The highest BCUT2D eigenvalue weighted by molar-refractivity contribution is 14.1. The normalized spacial score (nSPS) is 18.4. The van der Waals surface area contributed by atoms with Gasteiger partial charge in [0.15, 0.2) is 17.3 Å². The molecule has 5 amide bonds. The van der Waals surface area contributed by atoms with Gasteiger partial charge in [-0.3, -0.25) is 28.8 Å². The minimum Gasteiger partial charge on any atom is -0.391 e. The van der Waals surface area contributed by atoms with Crippen LogP contribution in [0.15, 0.2) is 60.1 Å². The molecule has 6 rings (SSSR count). The van der Waals surface area contributed by atoms with Crippen molar-refractivity contribution in [2.45, 2.75) is 95.5 Å². The Morgan fingerprint density at radius 1 is 1.00 bits per heavy atom. The maximum atomic E-state index is 14.9. The smallest absolute Gasteiger partial charge is 0.277 e. The molecule has 4 aromatic rings. The number of nitrogens with one attached hydrogen (secondary N) is 5. The van der Waals surface area contributed by atoms with Crippen molar-refractivity contribution in [3.63, 3.8) is 0 Å². The van der Waals surface area contributed by atoms with Crippen molar-refractivity contribution in [2.24, 2.45) is 11.1 Å². The number of β-amino-alcohol motifs (C(OH)–C–C–N with tert-alkyl or cyclic N) is 1. The number of nitrogens with zero attached hydrogens (tertiary/aromatic N) is 2. The second-order valence-corrected chi connectivity index (χ2v) is 20.2. The summed E-state index contributed by atoms with van der Waals surface area (Å²) in [6.45, 7) is 7.75. The number of aromatic nitrogens is 1. The summed E-state index contributed by atoms with van der Waals surface area (Å²) in [7, 11) is 0. The van der Waals surface area contributed by atoms with E-state index in [0.717, 1.165) is 33.2 Å².